The maximum absolute atomic E-state index is 12.4. The van der Waals surface area contributed by atoms with Gasteiger partial charge < -0.3 is 14.8 Å². The van der Waals surface area contributed by atoms with Crippen molar-refractivity contribution >= 4 is 23.1 Å². The van der Waals surface area contributed by atoms with Crippen LogP contribution in [0.2, 0.25) is 0 Å². The summed E-state index contributed by atoms with van der Waals surface area (Å²) in [7, 11) is 0. The molecule has 8 heteroatoms. The number of Topliss-reactive ketones (excluding diaryl/α,β-unsaturated/α-hetero) is 1. The van der Waals surface area contributed by atoms with E-state index in [1.165, 1.54) is 43.3 Å². The normalized spacial score (nSPS) is 12.4. The lowest BCUT2D eigenvalue weighted by Gasteiger charge is -2.20. The van der Waals surface area contributed by atoms with Gasteiger partial charge in [0.05, 0.1) is 10.6 Å². The third-order valence-electron chi connectivity index (χ3n) is 3.63. The Bertz CT molecular complexity index is 877. The molecule has 1 N–H and O–H groups in total. The Morgan fingerprint density at radius 1 is 1.12 bits per heavy atom. The number of rotatable bonds is 4. The van der Waals surface area contributed by atoms with Crippen molar-refractivity contribution in [1.82, 2.24) is 0 Å². The van der Waals surface area contributed by atoms with Crippen molar-refractivity contribution in [2.24, 2.45) is 0 Å². The van der Waals surface area contributed by atoms with Crippen molar-refractivity contribution in [2.45, 2.75) is 6.92 Å². The molecule has 1 heterocycles. The van der Waals surface area contributed by atoms with E-state index in [-0.39, 0.29) is 28.3 Å². The van der Waals surface area contributed by atoms with Gasteiger partial charge in [0.25, 0.3) is 11.6 Å². The van der Waals surface area contributed by atoms with Crippen LogP contribution in [-0.2, 0) is 0 Å². The molecule has 0 aliphatic carbocycles. The zero-order chi connectivity index (χ0) is 18.0. The monoisotopic (exact) mass is 342 g/mol. The standard InChI is InChI=1S/C17H14N2O6/c1-10(20)13-8-15-16(25-6-5-24-15)9-14(13)18-17(21)11-3-2-4-12(7-11)19(22)23/h2-4,7-9H,5-6H2,1H3,(H,18,21). The summed E-state index contributed by atoms with van der Waals surface area (Å²) in [6, 6.07) is 8.36. The van der Waals surface area contributed by atoms with Crippen LogP contribution in [0.3, 0.4) is 0 Å². The highest BCUT2D eigenvalue weighted by molar-refractivity contribution is 6.09. The minimum atomic E-state index is -0.581. The van der Waals surface area contributed by atoms with Crippen molar-refractivity contribution in [3.63, 3.8) is 0 Å². The van der Waals surface area contributed by atoms with Crippen LogP contribution in [0.4, 0.5) is 11.4 Å². The number of nitrogens with zero attached hydrogens (tertiary/aromatic N) is 1. The Morgan fingerprint density at radius 3 is 2.44 bits per heavy atom. The second-order valence-corrected chi connectivity index (χ2v) is 5.36. The minimum Gasteiger partial charge on any atom is -0.486 e. The predicted octanol–water partition coefficient (Wildman–Crippen LogP) is 2.82. The molecule has 2 aromatic rings. The van der Waals surface area contributed by atoms with Crippen molar-refractivity contribution in [3.05, 3.63) is 57.6 Å². The van der Waals surface area contributed by atoms with Gasteiger partial charge >= 0.3 is 0 Å². The lowest BCUT2D eigenvalue weighted by Crippen LogP contribution is -2.18. The molecule has 3 rings (SSSR count). The molecule has 25 heavy (non-hydrogen) atoms. The van der Waals surface area contributed by atoms with Gasteiger partial charge in [0, 0.05) is 29.3 Å². The second-order valence-electron chi connectivity index (χ2n) is 5.36. The van der Waals surface area contributed by atoms with Crippen molar-refractivity contribution in [2.75, 3.05) is 18.5 Å². The van der Waals surface area contributed by atoms with E-state index in [2.05, 4.69) is 5.32 Å². The van der Waals surface area contributed by atoms with E-state index in [4.69, 9.17) is 9.47 Å². The van der Waals surface area contributed by atoms with Gasteiger partial charge in [-0.25, -0.2) is 0 Å². The minimum absolute atomic E-state index is 0.110. The smallest absolute Gasteiger partial charge is 0.270 e. The Kier molecular flexibility index (Phi) is 4.34. The molecule has 0 bridgehead atoms. The number of fused-ring (bicyclic) bond motifs is 1. The van der Waals surface area contributed by atoms with Gasteiger partial charge in [-0.3, -0.25) is 19.7 Å². The average Bonchev–Trinajstić information content (AvgIpc) is 2.61. The zero-order valence-electron chi connectivity index (χ0n) is 13.3. The van der Waals surface area contributed by atoms with Crippen molar-refractivity contribution in [1.29, 1.82) is 0 Å². The molecule has 0 spiro atoms. The summed E-state index contributed by atoms with van der Waals surface area (Å²) < 4.78 is 10.9. The molecule has 0 saturated heterocycles. The molecule has 2 aromatic carbocycles. The van der Waals surface area contributed by atoms with Gasteiger partial charge in [-0.1, -0.05) is 6.07 Å². The van der Waals surface area contributed by atoms with Crippen LogP contribution in [0.5, 0.6) is 11.5 Å². The van der Waals surface area contributed by atoms with E-state index in [0.717, 1.165) is 0 Å². The van der Waals surface area contributed by atoms with Crippen LogP contribution in [0.25, 0.3) is 0 Å². The Morgan fingerprint density at radius 2 is 1.80 bits per heavy atom. The number of ether oxygens (including phenoxy) is 2. The molecule has 0 unspecified atom stereocenters. The lowest BCUT2D eigenvalue weighted by atomic mass is 10.1. The van der Waals surface area contributed by atoms with E-state index in [0.29, 0.717) is 24.7 Å². The number of non-ortho nitro benzene ring substituents is 1. The number of nitro benzene ring substituents is 1. The summed E-state index contributed by atoms with van der Waals surface area (Å²) in [6.45, 7) is 2.11. The first kappa shape index (κ1) is 16.4. The van der Waals surface area contributed by atoms with Gasteiger partial charge in [0.15, 0.2) is 17.3 Å². The molecule has 128 valence electrons. The number of hydrogen-bond donors (Lipinski definition) is 1. The SMILES string of the molecule is CC(=O)c1cc2c(cc1NC(=O)c1cccc([N+](=O)[O-])c1)OCCO2. The van der Waals surface area contributed by atoms with Crippen molar-refractivity contribution in [3.8, 4) is 11.5 Å². The fourth-order valence-electron chi connectivity index (χ4n) is 2.44. The van der Waals surface area contributed by atoms with E-state index in [1.54, 1.807) is 0 Å². The van der Waals surface area contributed by atoms with Crippen LogP contribution in [0.15, 0.2) is 36.4 Å². The van der Waals surface area contributed by atoms with Gasteiger partial charge in [0.2, 0.25) is 0 Å². The first-order chi connectivity index (χ1) is 12.0. The summed E-state index contributed by atoms with van der Waals surface area (Å²) in [5.74, 6) is 0.0320. The fourth-order valence-corrected chi connectivity index (χ4v) is 2.44. The zero-order valence-corrected chi connectivity index (χ0v) is 13.3. The predicted molar refractivity (Wildman–Crippen MR) is 88.5 cm³/mol. The fraction of sp³-hybridized carbons (Fsp3) is 0.176. The molecule has 0 saturated carbocycles. The Labute approximate surface area is 142 Å². The molecular formula is C17H14N2O6. The number of ketones is 1. The van der Waals surface area contributed by atoms with Crippen LogP contribution >= 0.6 is 0 Å². The van der Waals surface area contributed by atoms with Gasteiger partial charge in [-0.15, -0.1) is 0 Å². The van der Waals surface area contributed by atoms with Crippen molar-refractivity contribution < 1.29 is 24.0 Å². The number of carbonyl (C=O) groups is 2. The number of nitrogens with one attached hydrogen (secondary N) is 1. The summed E-state index contributed by atoms with van der Waals surface area (Å²) in [5, 5.41) is 13.4. The van der Waals surface area contributed by atoms with E-state index < -0.39 is 10.8 Å². The maximum Gasteiger partial charge on any atom is 0.270 e. The van der Waals surface area contributed by atoms with Gasteiger partial charge in [-0.05, 0) is 19.1 Å². The third kappa shape index (κ3) is 3.42. The summed E-state index contributed by atoms with van der Waals surface area (Å²) >= 11 is 0. The first-order valence-corrected chi connectivity index (χ1v) is 7.46. The Balaban J connectivity index is 1.94. The Hall–Kier alpha value is -3.42. The van der Waals surface area contributed by atoms with E-state index in [9.17, 15) is 19.7 Å². The lowest BCUT2D eigenvalue weighted by molar-refractivity contribution is -0.384. The van der Waals surface area contributed by atoms with E-state index in [1.807, 2.05) is 0 Å². The third-order valence-corrected chi connectivity index (χ3v) is 3.63. The van der Waals surface area contributed by atoms with Crippen LogP contribution in [0, 0.1) is 10.1 Å². The van der Waals surface area contributed by atoms with Gasteiger partial charge in [0.1, 0.15) is 13.2 Å². The first-order valence-electron chi connectivity index (χ1n) is 7.46. The largest absolute Gasteiger partial charge is 0.486 e. The number of carbonyl (C=O) groups excluding carboxylic acids is 2. The summed E-state index contributed by atoms with van der Waals surface area (Å²) in [4.78, 5) is 34.5. The number of benzene rings is 2. The second kappa shape index (κ2) is 6.60. The van der Waals surface area contributed by atoms with Gasteiger partial charge in [-0.2, -0.15) is 0 Å². The molecule has 1 aliphatic heterocycles. The van der Waals surface area contributed by atoms with Crippen LogP contribution < -0.4 is 14.8 Å². The number of hydrogen-bond acceptors (Lipinski definition) is 6. The number of amides is 1. The van der Waals surface area contributed by atoms with Crippen LogP contribution in [0.1, 0.15) is 27.6 Å². The molecule has 0 radical (unpaired) electrons. The highest BCUT2D eigenvalue weighted by Crippen LogP contribution is 2.36. The molecule has 0 fully saturated rings. The molecule has 8 nitrogen and oxygen atoms in total. The molecular weight excluding hydrogens is 328 g/mol. The summed E-state index contributed by atoms with van der Waals surface area (Å²) in [5.41, 5.74) is 0.441. The quantitative estimate of drug-likeness (QED) is 0.520. The molecule has 0 aromatic heterocycles. The number of nitro groups is 1. The number of anilines is 1. The average molecular weight is 342 g/mol. The maximum atomic E-state index is 12.4. The highest BCUT2D eigenvalue weighted by Gasteiger charge is 2.20. The van der Waals surface area contributed by atoms with Crippen LogP contribution in [-0.4, -0.2) is 29.8 Å². The van der Waals surface area contributed by atoms with E-state index >= 15 is 0 Å². The summed E-state index contributed by atoms with van der Waals surface area (Å²) in [6.07, 6.45) is 0. The highest BCUT2D eigenvalue weighted by atomic mass is 16.6. The topological polar surface area (TPSA) is 108 Å². The molecule has 0 atom stereocenters. The molecule has 1 aliphatic rings. The molecule has 1 amide bonds.